The molecule has 1 unspecified atom stereocenters. The summed E-state index contributed by atoms with van der Waals surface area (Å²) >= 11 is 3.53. The molecule has 1 atom stereocenters. The lowest BCUT2D eigenvalue weighted by Crippen LogP contribution is -2.44. The van der Waals surface area contributed by atoms with Gasteiger partial charge in [0.05, 0.1) is 6.54 Å². The third-order valence-corrected chi connectivity index (χ3v) is 5.08. The number of aryl methyl sites for hydroxylation is 1. The van der Waals surface area contributed by atoms with E-state index in [0.29, 0.717) is 0 Å². The highest BCUT2D eigenvalue weighted by Crippen LogP contribution is 2.16. The van der Waals surface area contributed by atoms with Gasteiger partial charge in [-0.25, -0.2) is 0 Å². The van der Waals surface area contributed by atoms with Crippen LogP contribution in [0, 0.1) is 5.92 Å². The van der Waals surface area contributed by atoms with Crippen molar-refractivity contribution in [3.05, 3.63) is 22.4 Å². The van der Waals surface area contributed by atoms with Crippen molar-refractivity contribution in [2.45, 2.75) is 26.3 Å². The van der Waals surface area contributed by atoms with E-state index in [-0.39, 0.29) is 24.0 Å². The quantitative estimate of drug-likeness (QED) is 0.375. The Labute approximate surface area is 172 Å². The van der Waals surface area contributed by atoms with Crippen LogP contribution in [0.25, 0.3) is 0 Å². The zero-order chi connectivity index (χ0) is 16.8. The van der Waals surface area contributed by atoms with Crippen LogP contribution in [0.2, 0.25) is 0 Å². The van der Waals surface area contributed by atoms with Gasteiger partial charge in [-0.1, -0.05) is 6.92 Å². The zero-order valence-electron chi connectivity index (χ0n) is 15.3. The largest absolute Gasteiger partial charge is 0.356 e. The topological polar surface area (TPSA) is 35.8 Å². The molecule has 1 aromatic rings. The molecule has 138 valence electrons. The molecule has 0 aliphatic carbocycles. The third kappa shape index (κ3) is 6.22. The second-order valence-corrected chi connectivity index (χ2v) is 7.36. The Morgan fingerprint density at radius 1 is 1.50 bits per heavy atom. The molecule has 1 aromatic heterocycles. The van der Waals surface area contributed by atoms with E-state index < -0.39 is 0 Å². The number of piperidine rings is 1. The predicted octanol–water partition coefficient (Wildman–Crippen LogP) is 3.14. The molecule has 0 spiro atoms. The van der Waals surface area contributed by atoms with Crippen LogP contribution in [0.15, 0.2) is 21.7 Å². The van der Waals surface area contributed by atoms with Gasteiger partial charge in [0.1, 0.15) is 0 Å². The van der Waals surface area contributed by atoms with Crippen molar-refractivity contribution < 1.29 is 0 Å². The summed E-state index contributed by atoms with van der Waals surface area (Å²) in [5.41, 5.74) is 1.26. The van der Waals surface area contributed by atoms with Gasteiger partial charge in [0.15, 0.2) is 5.96 Å². The average molecular weight is 512 g/mol. The highest BCUT2D eigenvalue weighted by atomic mass is 127. The number of nitrogens with one attached hydrogen (secondary N) is 1. The van der Waals surface area contributed by atoms with Crippen LogP contribution in [-0.2, 0) is 13.6 Å². The van der Waals surface area contributed by atoms with E-state index in [4.69, 9.17) is 0 Å². The molecule has 1 saturated heterocycles. The number of guanidine groups is 1. The summed E-state index contributed by atoms with van der Waals surface area (Å²) < 4.78 is 3.27. The minimum absolute atomic E-state index is 0. The van der Waals surface area contributed by atoms with E-state index in [1.807, 2.05) is 7.05 Å². The fourth-order valence-electron chi connectivity index (χ4n) is 3.27. The maximum Gasteiger partial charge on any atom is 0.193 e. The molecule has 7 heteroatoms. The maximum absolute atomic E-state index is 4.44. The summed E-state index contributed by atoms with van der Waals surface area (Å²) in [5, 5.41) is 3.56. The van der Waals surface area contributed by atoms with E-state index in [1.54, 1.807) is 0 Å². The fraction of sp³-hybridized carbons (Fsp3) is 0.706. The molecule has 1 fully saturated rings. The van der Waals surface area contributed by atoms with Crippen molar-refractivity contribution in [2.24, 2.45) is 18.0 Å². The zero-order valence-corrected chi connectivity index (χ0v) is 19.2. The van der Waals surface area contributed by atoms with Crippen molar-refractivity contribution in [3.8, 4) is 0 Å². The maximum atomic E-state index is 4.44. The number of likely N-dealkylation sites (tertiary alicyclic amines) is 1. The van der Waals surface area contributed by atoms with Crippen LogP contribution < -0.4 is 5.32 Å². The summed E-state index contributed by atoms with van der Waals surface area (Å²) in [6, 6.07) is 2.16. The first kappa shape index (κ1) is 21.8. The summed E-state index contributed by atoms with van der Waals surface area (Å²) in [5.74, 6) is 1.69. The normalized spacial score (nSPS) is 19.0. The van der Waals surface area contributed by atoms with Gasteiger partial charge in [-0.3, -0.25) is 4.99 Å². The SMILES string of the molecule is CCN1CCCC(CNC(=NC)N(C)Cc2cc(Br)cn2C)C1.I. The number of aromatic nitrogens is 1. The average Bonchev–Trinajstić information content (AvgIpc) is 2.85. The van der Waals surface area contributed by atoms with Gasteiger partial charge in [0, 0.05) is 50.6 Å². The van der Waals surface area contributed by atoms with Gasteiger partial charge in [-0.05, 0) is 53.8 Å². The van der Waals surface area contributed by atoms with Crippen molar-refractivity contribution in [3.63, 3.8) is 0 Å². The Morgan fingerprint density at radius 3 is 2.83 bits per heavy atom. The molecule has 0 saturated carbocycles. The molecule has 1 aliphatic heterocycles. The Morgan fingerprint density at radius 2 is 2.25 bits per heavy atom. The number of rotatable bonds is 5. The van der Waals surface area contributed by atoms with Crippen molar-refractivity contribution in [2.75, 3.05) is 40.3 Å². The fourth-order valence-corrected chi connectivity index (χ4v) is 3.84. The summed E-state index contributed by atoms with van der Waals surface area (Å²) in [6.07, 6.45) is 4.71. The highest BCUT2D eigenvalue weighted by molar-refractivity contribution is 14.0. The second kappa shape index (κ2) is 10.7. The van der Waals surface area contributed by atoms with Gasteiger partial charge in [0.25, 0.3) is 0 Å². The van der Waals surface area contributed by atoms with Crippen LogP contribution in [0.5, 0.6) is 0 Å². The van der Waals surface area contributed by atoms with Gasteiger partial charge in [0.2, 0.25) is 0 Å². The second-order valence-electron chi connectivity index (χ2n) is 6.45. The lowest BCUT2D eigenvalue weighted by atomic mass is 9.98. The summed E-state index contributed by atoms with van der Waals surface area (Å²) in [6.45, 7) is 7.71. The first-order chi connectivity index (χ1) is 11.0. The molecule has 2 heterocycles. The van der Waals surface area contributed by atoms with Crippen molar-refractivity contribution in [1.82, 2.24) is 19.7 Å². The van der Waals surface area contributed by atoms with Crippen molar-refractivity contribution >= 4 is 45.9 Å². The first-order valence-electron chi connectivity index (χ1n) is 8.48. The molecule has 0 aromatic carbocycles. The lowest BCUT2D eigenvalue weighted by Gasteiger charge is -2.33. The van der Waals surface area contributed by atoms with Gasteiger partial charge < -0.3 is 19.7 Å². The lowest BCUT2D eigenvalue weighted by molar-refractivity contribution is 0.183. The Bertz CT molecular complexity index is 531. The van der Waals surface area contributed by atoms with E-state index >= 15 is 0 Å². The molecule has 1 aliphatic rings. The Balaban J connectivity index is 0.00000288. The third-order valence-electron chi connectivity index (χ3n) is 4.65. The number of aliphatic imine (C=N–C) groups is 1. The van der Waals surface area contributed by atoms with Gasteiger partial charge in [-0.2, -0.15) is 0 Å². The number of halogens is 2. The molecule has 0 amide bonds. The van der Waals surface area contributed by atoms with Crippen LogP contribution >= 0.6 is 39.9 Å². The van der Waals surface area contributed by atoms with E-state index in [9.17, 15) is 0 Å². The minimum Gasteiger partial charge on any atom is -0.356 e. The molecule has 1 N–H and O–H groups in total. The van der Waals surface area contributed by atoms with Crippen LogP contribution in [0.3, 0.4) is 0 Å². The molecular weight excluding hydrogens is 481 g/mol. The minimum atomic E-state index is 0. The summed E-state index contributed by atoms with van der Waals surface area (Å²) in [4.78, 5) is 9.17. The monoisotopic (exact) mass is 511 g/mol. The van der Waals surface area contributed by atoms with E-state index in [2.05, 4.69) is 73.9 Å². The molecular formula is C17H31BrIN5. The highest BCUT2D eigenvalue weighted by Gasteiger charge is 2.19. The molecule has 2 rings (SSSR count). The van der Waals surface area contributed by atoms with Gasteiger partial charge >= 0.3 is 0 Å². The van der Waals surface area contributed by atoms with Crippen LogP contribution in [-0.4, -0.2) is 60.6 Å². The molecule has 0 bridgehead atoms. The number of hydrogen-bond donors (Lipinski definition) is 1. The standard InChI is InChI=1S/C17H30BrN5.HI/c1-5-23-8-6-7-14(11-23)10-20-17(19-2)22(4)13-16-9-15(18)12-21(16)3;/h9,12,14H,5-8,10-11,13H2,1-4H3,(H,19,20);1H. The predicted molar refractivity (Wildman–Crippen MR) is 116 cm³/mol. The van der Waals surface area contributed by atoms with Crippen molar-refractivity contribution in [1.29, 1.82) is 0 Å². The van der Waals surface area contributed by atoms with E-state index in [0.717, 1.165) is 36.0 Å². The number of nitrogens with zero attached hydrogens (tertiary/aromatic N) is 4. The van der Waals surface area contributed by atoms with Crippen LogP contribution in [0.1, 0.15) is 25.5 Å². The van der Waals surface area contributed by atoms with Gasteiger partial charge in [-0.15, -0.1) is 24.0 Å². The Kier molecular flexibility index (Phi) is 9.66. The first-order valence-corrected chi connectivity index (χ1v) is 9.27. The number of hydrogen-bond acceptors (Lipinski definition) is 2. The van der Waals surface area contributed by atoms with Crippen LogP contribution in [0.4, 0.5) is 0 Å². The molecule has 24 heavy (non-hydrogen) atoms. The molecule has 5 nitrogen and oxygen atoms in total. The van der Waals surface area contributed by atoms with E-state index in [1.165, 1.54) is 31.6 Å². The Hall–Kier alpha value is -0.280. The summed E-state index contributed by atoms with van der Waals surface area (Å²) in [7, 11) is 6.03. The molecule has 0 radical (unpaired) electrons. The smallest absolute Gasteiger partial charge is 0.193 e.